The summed E-state index contributed by atoms with van der Waals surface area (Å²) < 4.78 is 21.4. The molecule has 0 aliphatic rings. The van der Waals surface area contributed by atoms with E-state index in [1.165, 1.54) is 21.3 Å². The van der Waals surface area contributed by atoms with Gasteiger partial charge in [-0.3, -0.25) is 0 Å². The average molecular weight is 256 g/mol. The summed E-state index contributed by atoms with van der Waals surface area (Å²) in [7, 11) is 4.48. The molecule has 0 saturated carbocycles. The van der Waals surface area contributed by atoms with E-state index in [1.54, 1.807) is 31.2 Å². The van der Waals surface area contributed by atoms with E-state index in [2.05, 4.69) is 4.84 Å². The van der Waals surface area contributed by atoms with Gasteiger partial charge in [0.25, 0.3) is 0 Å². The van der Waals surface area contributed by atoms with Crippen LogP contribution in [0.25, 0.3) is 0 Å². The van der Waals surface area contributed by atoms with Gasteiger partial charge in [-0.25, -0.2) is 0 Å². The van der Waals surface area contributed by atoms with Gasteiger partial charge in [0.1, 0.15) is 17.6 Å². The molecular weight excluding hydrogens is 238 g/mol. The third-order valence-electron chi connectivity index (χ3n) is 2.62. The van der Waals surface area contributed by atoms with E-state index < -0.39 is 12.1 Å². The Balaban J connectivity index is 2.88. The Kier molecular flexibility index (Phi) is 5.36. The van der Waals surface area contributed by atoms with Crippen LogP contribution < -0.4 is 15.5 Å². The Labute approximate surface area is 106 Å². The van der Waals surface area contributed by atoms with Crippen LogP contribution in [-0.4, -0.2) is 33.4 Å². The van der Waals surface area contributed by atoms with Crippen LogP contribution in [0, 0.1) is 0 Å². The SMILES string of the molecule is COC(C)C(OC)(OC)Oc1ccc(O[NH])cc1. The quantitative estimate of drug-likeness (QED) is 0.547. The van der Waals surface area contributed by atoms with Crippen molar-refractivity contribution < 1.29 is 23.8 Å². The van der Waals surface area contributed by atoms with E-state index >= 15 is 0 Å². The van der Waals surface area contributed by atoms with E-state index in [9.17, 15) is 0 Å². The first-order valence-corrected chi connectivity index (χ1v) is 5.37. The van der Waals surface area contributed by atoms with Crippen LogP contribution in [0.3, 0.4) is 0 Å². The molecule has 0 aliphatic heterocycles. The lowest BCUT2D eigenvalue weighted by molar-refractivity contribution is -0.361. The van der Waals surface area contributed by atoms with Crippen LogP contribution in [0.15, 0.2) is 24.3 Å². The second-order valence-electron chi connectivity index (χ2n) is 3.57. The second-order valence-corrected chi connectivity index (χ2v) is 3.57. The molecule has 0 aliphatic carbocycles. The number of hydrogen-bond acceptors (Lipinski definition) is 5. The summed E-state index contributed by atoms with van der Waals surface area (Å²) in [6.07, 6.45) is -0.431. The zero-order chi connectivity index (χ0) is 13.6. The monoisotopic (exact) mass is 256 g/mol. The second kappa shape index (κ2) is 6.55. The minimum absolute atomic E-state index is 0.419. The fourth-order valence-electron chi connectivity index (χ4n) is 1.47. The smallest absolute Gasteiger partial charge is 0.354 e. The van der Waals surface area contributed by atoms with Gasteiger partial charge in [-0.1, -0.05) is 5.90 Å². The van der Waals surface area contributed by atoms with E-state index in [1.807, 2.05) is 0 Å². The highest BCUT2D eigenvalue weighted by molar-refractivity contribution is 5.31. The summed E-state index contributed by atoms with van der Waals surface area (Å²) in [5.74, 6) is 6.37. The molecule has 0 spiro atoms. The maximum atomic E-state index is 6.75. The molecule has 0 bridgehead atoms. The fourth-order valence-corrected chi connectivity index (χ4v) is 1.47. The van der Waals surface area contributed by atoms with Crippen molar-refractivity contribution in [2.45, 2.75) is 19.0 Å². The molecular formula is C12H18NO5. The Morgan fingerprint density at radius 3 is 1.89 bits per heavy atom. The zero-order valence-electron chi connectivity index (χ0n) is 10.9. The van der Waals surface area contributed by atoms with Crippen LogP contribution in [0.5, 0.6) is 11.5 Å². The molecule has 1 aromatic rings. The van der Waals surface area contributed by atoms with Gasteiger partial charge in [0.2, 0.25) is 0 Å². The number of benzene rings is 1. The van der Waals surface area contributed by atoms with Crippen molar-refractivity contribution in [1.82, 2.24) is 5.90 Å². The Bertz CT molecular complexity index is 350. The first-order valence-electron chi connectivity index (χ1n) is 5.37. The average Bonchev–Trinajstić information content (AvgIpc) is 2.44. The Hall–Kier alpha value is -1.34. The van der Waals surface area contributed by atoms with Gasteiger partial charge in [-0.15, -0.1) is 0 Å². The molecule has 1 radical (unpaired) electrons. The van der Waals surface area contributed by atoms with Crippen LogP contribution in [-0.2, 0) is 14.2 Å². The third kappa shape index (κ3) is 3.11. The van der Waals surface area contributed by atoms with Crippen molar-refractivity contribution in [2.75, 3.05) is 21.3 Å². The van der Waals surface area contributed by atoms with Crippen LogP contribution in [0.2, 0.25) is 0 Å². The van der Waals surface area contributed by atoms with Crippen LogP contribution >= 0.6 is 0 Å². The summed E-state index contributed by atoms with van der Waals surface area (Å²) in [5, 5.41) is 0. The lowest BCUT2D eigenvalue weighted by atomic mass is 10.3. The Morgan fingerprint density at radius 1 is 1.00 bits per heavy atom. The number of methoxy groups -OCH3 is 3. The zero-order valence-corrected chi connectivity index (χ0v) is 10.9. The van der Waals surface area contributed by atoms with Crippen molar-refractivity contribution in [3.8, 4) is 11.5 Å². The minimum Gasteiger partial charge on any atom is -0.437 e. The van der Waals surface area contributed by atoms with Crippen molar-refractivity contribution in [2.24, 2.45) is 0 Å². The molecule has 6 nitrogen and oxygen atoms in total. The highest BCUT2D eigenvalue weighted by Crippen LogP contribution is 2.26. The maximum Gasteiger partial charge on any atom is 0.354 e. The van der Waals surface area contributed by atoms with Crippen LogP contribution in [0.1, 0.15) is 6.92 Å². The predicted molar refractivity (Wildman–Crippen MR) is 64.0 cm³/mol. The van der Waals surface area contributed by atoms with Crippen molar-refractivity contribution in [3.63, 3.8) is 0 Å². The van der Waals surface area contributed by atoms with Gasteiger partial charge in [0, 0.05) is 21.3 Å². The lowest BCUT2D eigenvalue weighted by Crippen LogP contribution is -2.50. The summed E-state index contributed by atoms with van der Waals surface area (Å²) in [4.78, 5) is 4.33. The van der Waals surface area contributed by atoms with Gasteiger partial charge in [-0.2, -0.15) is 0 Å². The van der Waals surface area contributed by atoms with E-state index in [0.717, 1.165) is 0 Å². The summed E-state index contributed by atoms with van der Waals surface area (Å²) >= 11 is 0. The molecule has 18 heavy (non-hydrogen) atoms. The largest absolute Gasteiger partial charge is 0.437 e. The first kappa shape index (κ1) is 14.7. The number of hydrogen-bond donors (Lipinski definition) is 0. The standard InChI is InChI=1S/C12H18NO5/c1-9(14-2)12(15-3,16-4)17-10-5-7-11(18-13)8-6-10/h5-9,13H,1-4H3. The predicted octanol–water partition coefficient (Wildman–Crippen LogP) is 1.62. The molecule has 6 heteroatoms. The highest BCUT2D eigenvalue weighted by atomic mass is 16.9. The number of rotatable bonds is 7. The van der Waals surface area contributed by atoms with Gasteiger partial charge in [-0.05, 0) is 31.2 Å². The molecule has 1 rings (SSSR count). The van der Waals surface area contributed by atoms with E-state index in [4.69, 9.17) is 24.8 Å². The summed E-state index contributed by atoms with van der Waals surface area (Å²) in [6.45, 7) is 1.77. The topological polar surface area (TPSA) is 70.0 Å². The molecule has 0 fully saturated rings. The summed E-state index contributed by atoms with van der Waals surface area (Å²) in [5.41, 5.74) is 0. The van der Waals surface area contributed by atoms with Crippen LogP contribution in [0.4, 0.5) is 0 Å². The molecule has 1 aromatic carbocycles. The van der Waals surface area contributed by atoms with Gasteiger partial charge in [0.15, 0.2) is 0 Å². The number of ether oxygens (including phenoxy) is 4. The molecule has 0 amide bonds. The molecule has 0 saturated heterocycles. The van der Waals surface area contributed by atoms with Gasteiger partial charge >= 0.3 is 5.97 Å². The molecule has 0 heterocycles. The number of nitrogens with one attached hydrogen (secondary N) is 1. The van der Waals surface area contributed by atoms with Crippen molar-refractivity contribution in [1.29, 1.82) is 0 Å². The molecule has 101 valence electrons. The summed E-state index contributed by atoms with van der Waals surface area (Å²) in [6, 6.07) is 6.52. The minimum atomic E-state index is -1.32. The first-order chi connectivity index (χ1) is 8.61. The molecule has 1 unspecified atom stereocenters. The lowest BCUT2D eigenvalue weighted by Gasteiger charge is -2.34. The van der Waals surface area contributed by atoms with Gasteiger partial charge < -0.3 is 23.8 Å². The van der Waals surface area contributed by atoms with E-state index in [-0.39, 0.29) is 0 Å². The molecule has 1 atom stereocenters. The third-order valence-corrected chi connectivity index (χ3v) is 2.62. The fraction of sp³-hybridized carbons (Fsp3) is 0.500. The normalized spacial score (nSPS) is 13.2. The highest BCUT2D eigenvalue weighted by Gasteiger charge is 2.40. The molecule has 1 N–H and O–H groups in total. The van der Waals surface area contributed by atoms with Crippen molar-refractivity contribution >= 4 is 0 Å². The molecule has 0 aromatic heterocycles. The van der Waals surface area contributed by atoms with Gasteiger partial charge in [0.05, 0.1) is 0 Å². The maximum absolute atomic E-state index is 6.75. The van der Waals surface area contributed by atoms with Crippen molar-refractivity contribution in [3.05, 3.63) is 24.3 Å². The Morgan fingerprint density at radius 2 is 1.50 bits per heavy atom. The van der Waals surface area contributed by atoms with E-state index in [0.29, 0.717) is 11.5 Å².